The Hall–Kier alpha value is -3.48. The van der Waals surface area contributed by atoms with Crippen LogP contribution >= 0.6 is 0 Å². The van der Waals surface area contributed by atoms with Crippen molar-refractivity contribution in [3.8, 4) is 22.6 Å². The third kappa shape index (κ3) is 5.82. The molecule has 0 bridgehead atoms. The number of fused-ring (bicyclic) bond motifs is 2. The quantitative estimate of drug-likeness (QED) is 0.243. The number of pyridine rings is 1. The SMILES string of the molecule is NCNCCCN1CCCC(n2cc3c(nc2=O)Nc2cc(-c4ccc(C(F)(F)F)nc4)ccc2O3)CC1. The van der Waals surface area contributed by atoms with Crippen LogP contribution in [0.1, 0.15) is 37.4 Å². The van der Waals surface area contributed by atoms with Crippen molar-refractivity contribution in [2.45, 2.75) is 37.9 Å². The number of rotatable bonds is 7. The van der Waals surface area contributed by atoms with Crippen LogP contribution in [0.25, 0.3) is 11.1 Å². The third-order valence-electron chi connectivity index (χ3n) is 6.91. The molecule has 2 aromatic heterocycles. The maximum absolute atomic E-state index is 13.0. The summed E-state index contributed by atoms with van der Waals surface area (Å²) in [5.74, 6) is 1.30. The van der Waals surface area contributed by atoms with E-state index >= 15 is 0 Å². The van der Waals surface area contributed by atoms with Gasteiger partial charge in [-0.1, -0.05) is 12.1 Å². The molecule has 0 amide bonds. The van der Waals surface area contributed by atoms with Gasteiger partial charge in [-0.05, 0) is 69.1 Å². The van der Waals surface area contributed by atoms with E-state index in [1.54, 1.807) is 29.0 Å². The fourth-order valence-electron chi connectivity index (χ4n) is 4.92. The molecule has 5 rings (SSSR count). The van der Waals surface area contributed by atoms with Gasteiger partial charge in [-0.15, -0.1) is 0 Å². The molecular formula is C26H30F3N7O2. The zero-order chi connectivity index (χ0) is 26.7. The first-order valence-corrected chi connectivity index (χ1v) is 12.7. The summed E-state index contributed by atoms with van der Waals surface area (Å²) in [5, 5.41) is 6.27. The summed E-state index contributed by atoms with van der Waals surface area (Å²) < 4.78 is 46.3. The minimum Gasteiger partial charge on any atom is -0.450 e. The first kappa shape index (κ1) is 26.1. The summed E-state index contributed by atoms with van der Waals surface area (Å²) >= 11 is 0. The van der Waals surface area contributed by atoms with Gasteiger partial charge in [0.15, 0.2) is 17.3 Å². The van der Waals surface area contributed by atoms with Gasteiger partial charge in [-0.25, -0.2) is 4.79 Å². The van der Waals surface area contributed by atoms with Gasteiger partial charge in [0.25, 0.3) is 0 Å². The smallest absolute Gasteiger partial charge is 0.433 e. The highest BCUT2D eigenvalue weighted by molar-refractivity contribution is 5.78. The molecule has 0 aliphatic carbocycles. The summed E-state index contributed by atoms with van der Waals surface area (Å²) in [4.78, 5) is 23.2. The predicted molar refractivity (Wildman–Crippen MR) is 138 cm³/mol. The van der Waals surface area contributed by atoms with E-state index in [-0.39, 0.29) is 11.7 Å². The Labute approximate surface area is 217 Å². The van der Waals surface area contributed by atoms with Crippen LogP contribution in [0, 0.1) is 0 Å². The van der Waals surface area contributed by atoms with Crippen molar-refractivity contribution in [1.29, 1.82) is 0 Å². The number of likely N-dealkylation sites (tertiary alicyclic amines) is 1. The molecule has 38 heavy (non-hydrogen) atoms. The van der Waals surface area contributed by atoms with Crippen molar-refractivity contribution in [2.75, 3.05) is 38.2 Å². The normalized spacial score (nSPS) is 17.6. The highest BCUT2D eigenvalue weighted by atomic mass is 19.4. The molecule has 12 heteroatoms. The molecule has 0 spiro atoms. The van der Waals surface area contributed by atoms with E-state index in [1.807, 2.05) is 0 Å². The lowest BCUT2D eigenvalue weighted by molar-refractivity contribution is -0.141. The van der Waals surface area contributed by atoms with Gasteiger partial charge in [0.2, 0.25) is 0 Å². The number of nitrogens with two attached hydrogens (primary N) is 1. The molecule has 4 heterocycles. The predicted octanol–water partition coefficient (Wildman–Crippen LogP) is 4.10. The molecule has 1 saturated heterocycles. The highest BCUT2D eigenvalue weighted by Gasteiger charge is 2.32. The van der Waals surface area contributed by atoms with Crippen molar-refractivity contribution in [1.82, 2.24) is 24.8 Å². The number of hydrogen-bond acceptors (Lipinski definition) is 8. The van der Waals surface area contributed by atoms with Crippen LogP contribution in [0.3, 0.4) is 0 Å². The molecule has 3 aromatic rings. The monoisotopic (exact) mass is 529 g/mol. The second kappa shape index (κ2) is 11.1. The molecule has 0 saturated carbocycles. The van der Waals surface area contributed by atoms with Crippen LogP contribution in [0.2, 0.25) is 0 Å². The van der Waals surface area contributed by atoms with Crippen molar-refractivity contribution < 1.29 is 17.9 Å². The Morgan fingerprint density at radius 1 is 1.13 bits per heavy atom. The molecule has 1 atom stereocenters. The number of halogens is 3. The summed E-state index contributed by atoms with van der Waals surface area (Å²) in [6.07, 6.45) is 2.15. The van der Waals surface area contributed by atoms with Crippen molar-refractivity contribution in [3.05, 3.63) is 58.9 Å². The number of alkyl halides is 3. The number of nitrogens with one attached hydrogen (secondary N) is 2. The molecule has 4 N–H and O–H groups in total. The van der Waals surface area contributed by atoms with E-state index in [2.05, 4.69) is 25.5 Å². The van der Waals surface area contributed by atoms with E-state index in [1.165, 1.54) is 12.3 Å². The van der Waals surface area contributed by atoms with Gasteiger partial charge in [0.1, 0.15) is 5.69 Å². The molecule has 2 aliphatic heterocycles. The van der Waals surface area contributed by atoms with Crippen molar-refractivity contribution in [3.63, 3.8) is 0 Å². The molecule has 1 aromatic carbocycles. The highest BCUT2D eigenvalue weighted by Crippen LogP contribution is 2.42. The van der Waals surface area contributed by atoms with Gasteiger partial charge in [0, 0.05) is 31.0 Å². The lowest BCUT2D eigenvalue weighted by atomic mass is 10.1. The Morgan fingerprint density at radius 3 is 2.74 bits per heavy atom. The molecule has 202 valence electrons. The molecule has 9 nitrogen and oxygen atoms in total. The summed E-state index contributed by atoms with van der Waals surface area (Å²) in [5.41, 5.74) is 5.92. The fourth-order valence-corrected chi connectivity index (χ4v) is 4.92. The summed E-state index contributed by atoms with van der Waals surface area (Å²) in [6, 6.07) is 7.57. The maximum atomic E-state index is 13.0. The number of nitrogens with zero attached hydrogens (tertiary/aromatic N) is 4. The molecule has 1 unspecified atom stereocenters. The van der Waals surface area contributed by atoms with Gasteiger partial charge in [-0.2, -0.15) is 18.2 Å². The van der Waals surface area contributed by atoms with E-state index in [0.29, 0.717) is 40.8 Å². The van der Waals surface area contributed by atoms with E-state index in [0.717, 1.165) is 57.9 Å². The average molecular weight is 530 g/mol. The Balaban J connectivity index is 1.29. The zero-order valence-corrected chi connectivity index (χ0v) is 20.8. The van der Waals surface area contributed by atoms with E-state index in [9.17, 15) is 18.0 Å². The number of benzene rings is 1. The maximum Gasteiger partial charge on any atom is 0.433 e. The summed E-state index contributed by atoms with van der Waals surface area (Å²) in [7, 11) is 0. The lowest BCUT2D eigenvalue weighted by Crippen LogP contribution is -2.31. The van der Waals surface area contributed by atoms with E-state index in [4.69, 9.17) is 10.5 Å². The zero-order valence-electron chi connectivity index (χ0n) is 20.8. The van der Waals surface area contributed by atoms with Crippen molar-refractivity contribution in [2.24, 2.45) is 5.73 Å². The van der Waals surface area contributed by atoms with Crippen LogP contribution in [-0.4, -0.2) is 52.3 Å². The van der Waals surface area contributed by atoms with Gasteiger partial charge < -0.3 is 26.0 Å². The largest absolute Gasteiger partial charge is 0.450 e. The Kier molecular flexibility index (Phi) is 7.63. The Bertz CT molecular complexity index is 1330. The summed E-state index contributed by atoms with van der Waals surface area (Å²) in [6.45, 7) is 4.26. The molecule has 1 fully saturated rings. The second-order valence-corrected chi connectivity index (χ2v) is 9.50. The topological polar surface area (TPSA) is 110 Å². The Morgan fingerprint density at radius 2 is 1.97 bits per heavy atom. The standard InChI is InChI=1S/C26H30F3N7O2/c27-26(28,29)23-7-5-18(14-32-23)17-4-6-21-20(13-17)33-24-22(38-21)15-36(25(37)34-24)19-3-1-10-35(12-8-19)11-2-9-31-16-30/h4-7,13-15,19,31H,1-3,8-12,16,30H2,(H,33,34,37). The first-order valence-electron chi connectivity index (χ1n) is 12.7. The van der Waals surface area contributed by atoms with Gasteiger partial charge >= 0.3 is 11.9 Å². The minimum absolute atomic E-state index is 0.0343. The van der Waals surface area contributed by atoms with Crippen LogP contribution in [-0.2, 0) is 6.18 Å². The third-order valence-corrected chi connectivity index (χ3v) is 6.91. The molecule has 2 aliphatic rings. The minimum atomic E-state index is -4.50. The van der Waals surface area contributed by atoms with Crippen molar-refractivity contribution >= 4 is 11.5 Å². The number of aromatic nitrogens is 3. The van der Waals surface area contributed by atoms with E-state index < -0.39 is 11.9 Å². The number of ether oxygens (including phenoxy) is 1. The molecule has 0 radical (unpaired) electrons. The van der Waals surface area contributed by atoms with Crippen LogP contribution in [0.5, 0.6) is 11.5 Å². The fraction of sp³-hybridized carbons (Fsp3) is 0.423. The average Bonchev–Trinajstić information content (AvgIpc) is 3.14. The van der Waals surface area contributed by atoms with Crippen LogP contribution in [0.15, 0.2) is 47.5 Å². The van der Waals surface area contributed by atoms with Crippen LogP contribution in [0.4, 0.5) is 24.7 Å². The second-order valence-electron chi connectivity index (χ2n) is 9.50. The first-order chi connectivity index (χ1) is 18.3. The molecular weight excluding hydrogens is 499 g/mol. The lowest BCUT2D eigenvalue weighted by Gasteiger charge is -2.24. The van der Waals surface area contributed by atoms with Crippen LogP contribution < -0.4 is 26.8 Å². The van der Waals surface area contributed by atoms with Gasteiger partial charge in [-0.3, -0.25) is 9.55 Å². The van der Waals surface area contributed by atoms with Gasteiger partial charge in [0.05, 0.1) is 11.9 Å². The number of hydrogen-bond donors (Lipinski definition) is 3. The number of anilines is 2.